The standard InChI is InChI=1S/C30H32N4O3S/c1-20(21-9-11-22(12-10-21)27-32-17-25(38-27)26(35)33-24-13-14-24)34-16-15-30(37-28(34)36,18-29(2,3)19-31)23-7-5-4-6-8-23/h4-12,17,20,24H,13-16,18H2,1-3H3,(H,33,35)/t20-,30-/m0/s1. The molecule has 2 aromatic carbocycles. The lowest BCUT2D eigenvalue weighted by atomic mass is 9.75. The Morgan fingerprint density at radius 2 is 1.95 bits per heavy atom. The van der Waals surface area contributed by atoms with Crippen molar-refractivity contribution >= 4 is 23.3 Å². The molecule has 1 saturated heterocycles. The van der Waals surface area contributed by atoms with Crippen molar-refractivity contribution in [1.82, 2.24) is 15.2 Å². The third-order valence-electron chi connectivity index (χ3n) is 7.35. The third-order valence-corrected chi connectivity index (χ3v) is 8.40. The Morgan fingerprint density at radius 1 is 1.24 bits per heavy atom. The first-order chi connectivity index (χ1) is 18.2. The zero-order valence-electron chi connectivity index (χ0n) is 21.9. The summed E-state index contributed by atoms with van der Waals surface area (Å²) in [6.07, 6.45) is 4.37. The first kappa shape index (κ1) is 25.9. The van der Waals surface area contributed by atoms with Crippen LogP contribution in [0.25, 0.3) is 10.6 Å². The molecule has 0 radical (unpaired) electrons. The summed E-state index contributed by atoms with van der Waals surface area (Å²) in [5, 5.41) is 13.5. The molecule has 2 fully saturated rings. The smallest absolute Gasteiger partial charge is 0.411 e. The number of aromatic nitrogens is 1. The predicted octanol–water partition coefficient (Wildman–Crippen LogP) is 6.44. The van der Waals surface area contributed by atoms with Crippen LogP contribution >= 0.6 is 11.3 Å². The highest BCUT2D eigenvalue weighted by Gasteiger charge is 2.46. The molecule has 3 aromatic rings. The molecule has 2 aliphatic rings. The molecule has 38 heavy (non-hydrogen) atoms. The van der Waals surface area contributed by atoms with E-state index in [-0.39, 0.29) is 18.0 Å². The van der Waals surface area contributed by atoms with Gasteiger partial charge < -0.3 is 15.0 Å². The Bertz CT molecular complexity index is 1360. The maximum Gasteiger partial charge on any atom is 0.411 e. The molecule has 1 aromatic heterocycles. The highest BCUT2D eigenvalue weighted by atomic mass is 32.1. The van der Waals surface area contributed by atoms with Crippen LogP contribution in [0.5, 0.6) is 0 Å². The van der Waals surface area contributed by atoms with E-state index in [0.29, 0.717) is 30.3 Å². The van der Waals surface area contributed by atoms with Crippen molar-refractivity contribution in [3.05, 3.63) is 76.8 Å². The minimum atomic E-state index is -0.841. The molecule has 2 atom stereocenters. The van der Waals surface area contributed by atoms with Gasteiger partial charge in [0.2, 0.25) is 0 Å². The zero-order valence-corrected chi connectivity index (χ0v) is 22.8. The Balaban J connectivity index is 1.29. The van der Waals surface area contributed by atoms with Crippen molar-refractivity contribution < 1.29 is 14.3 Å². The monoisotopic (exact) mass is 528 g/mol. The summed E-state index contributed by atoms with van der Waals surface area (Å²) in [5.41, 5.74) is 1.35. The van der Waals surface area contributed by atoms with Crippen LogP contribution in [-0.2, 0) is 10.3 Å². The van der Waals surface area contributed by atoms with E-state index < -0.39 is 11.0 Å². The molecule has 0 bridgehead atoms. The second-order valence-corrected chi connectivity index (χ2v) is 12.0. The van der Waals surface area contributed by atoms with Gasteiger partial charge in [-0.25, -0.2) is 9.78 Å². The zero-order chi connectivity index (χ0) is 26.9. The number of ether oxygens (including phenoxy) is 1. The van der Waals surface area contributed by atoms with Gasteiger partial charge in [-0.3, -0.25) is 4.79 Å². The number of thiazole rings is 1. The Labute approximate surface area is 227 Å². The van der Waals surface area contributed by atoms with Crippen molar-refractivity contribution in [3.63, 3.8) is 0 Å². The number of cyclic esters (lactones) is 1. The van der Waals surface area contributed by atoms with Crippen LogP contribution in [-0.4, -0.2) is 34.5 Å². The summed E-state index contributed by atoms with van der Waals surface area (Å²) in [7, 11) is 0. The lowest BCUT2D eigenvalue weighted by Crippen LogP contribution is -2.50. The normalized spacial score (nSPS) is 20.4. The molecule has 7 nitrogen and oxygen atoms in total. The number of carbonyl (C=O) groups excluding carboxylic acids is 2. The first-order valence-electron chi connectivity index (χ1n) is 13.0. The van der Waals surface area contributed by atoms with Crippen LogP contribution in [0.3, 0.4) is 0 Å². The highest BCUT2D eigenvalue weighted by Crippen LogP contribution is 2.44. The first-order valence-corrected chi connectivity index (χ1v) is 13.8. The summed E-state index contributed by atoms with van der Waals surface area (Å²) in [4.78, 5) is 32.5. The molecule has 196 valence electrons. The summed E-state index contributed by atoms with van der Waals surface area (Å²) < 4.78 is 6.19. The molecule has 2 heterocycles. The van der Waals surface area contributed by atoms with Crippen molar-refractivity contribution in [2.45, 2.75) is 64.1 Å². The maximum absolute atomic E-state index is 13.4. The highest BCUT2D eigenvalue weighted by molar-refractivity contribution is 7.16. The van der Waals surface area contributed by atoms with Crippen LogP contribution < -0.4 is 5.32 Å². The van der Waals surface area contributed by atoms with Crippen LogP contribution in [0.2, 0.25) is 0 Å². The number of nitrogens with zero attached hydrogens (tertiary/aromatic N) is 3. The third kappa shape index (κ3) is 5.44. The molecular weight excluding hydrogens is 496 g/mol. The fraction of sp³-hybridized carbons (Fsp3) is 0.400. The molecule has 5 rings (SSSR count). The fourth-order valence-electron chi connectivity index (χ4n) is 5.03. The molecule has 0 spiro atoms. The molecule has 1 saturated carbocycles. The van der Waals surface area contributed by atoms with E-state index in [0.717, 1.165) is 34.5 Å². The van der Waals surface area contributed by atoms with Gasteiger partial charge in [-0.15, -0.1) is 11.3 Å². The van der Waals surface area contributed by atoms with E-state index in [2.05, 4.69) is 16.4 Å². The molecule has 8 heteroatoms. The summed E-state index contributed by atoms with van der Waals surface area (Å²) in [6, 6.07) is 20.2. The van der Waals surface area contributed by atoms with Crippen LogP contribution in [0.15, 0.2) is 60.8 Å². The summed E-state index contributed by atoms with van der Waals surface area (Å²) in [6.45, 7) is 6.28. The second kappa shape index (κ2) is 10.2. The van der Waals surface area contributed by atoms with Gasteiger partial charge in [-0.05, 0) is 44.7 Å². The van der Waals surface area contributed by atoms with E-state index in [9.17, 15) is 14.9 Å². The quantitative estimate of drug-likeness (QED) is 0.363. The Hall–Kier alpha value is -3.70. The molecule has 1 aliphatic heterocycles. The number of hydrogen-bond acceptors (Lipinski definition) is 6. The molecule has 1 N–H and O–H groups in total. The van der Waals surface area contributed by atoms with Gasteiger partial charge in [0.05, 0.1) is 23.7 Å². The van der Waals surface area contributed by atoms with Gasteiger partial charge in [0.25, 0.3) is 5.91 Å². The van der Waals surface area contributed by atoms with E-state index in [1.807, 2.05) is 75.4 Å². The van der Waals surface area contributed by atoms with Crippen LogP contribution in [0.1, 0.15) is 73.3 Å². The molecule has 0 unspecified atom stereocenters. The molecule has 2 amide bonds. The minimum absolute atomic E-state index is 0.0603. The van der Waals surface area contributed by atoms with E-state index in [4.69, 9.17) is 4.74 Å². The van der Waals surface area contributed by atoms with Gasteiger partial charge in [0, 0.05) is 31.0 Å². The van der Waals surface area contributed by atoms with E-state index in [1.165, 1.54) is 11.3 Å². The summed E-state index contributed by atoms with van der Waals surface area (Å²) in [5.74, 6) is -0.0603. The Morgan fingerprint density at radius 3 is 2.58 bits per heavy atom. The summed E-state index contributed by atoms with van der Waals surface area (Å²) >= 11 is 1.38. The number of rotatable bonds is 8. The second-order valence-electron chi connectivity index (χ2n) is 10.9. The SMILES string of the molecule is C[C@@H](c1ccc(-c2ncc(C(=O)NC3CC3)s2)cc1)N1CC[C@](CC(C)(C)C#N)(c2ccccc2)OC1=O. The fourth-order valence-corrected chi connectivity index (χ4v) is 5.85. The average molecular weight is 529 g/mol. The van der Waals surface area contributed by atoms with Crippen molar-refractivity contribution in [2.24, 2.45) is 5.41 Å². The van der Waals surface area contributed by atoms with Gasteiger partial charge in [-0.2, -0.15) is 5.26 Å². The van der Waals surface area contributed by atoms with Crippen molar-refractivity contribution in [1.29, 1.82) is 5.26 Å². The predicted molar refractivity (Wildman–Crippen MR) is 146 cm³/mol. The topological polar surface area (TPSA) is 95.3 Å². The molecule has 1 aliphatic carbocycles. The molecular formula is C30H32N4O3S. The maximum atomic E-state index is 13.4. The van der Waals surface area contributed by atoms with E-state index >= 15 is 0 Å². The number of hydrogen-bond donors (Lipinski definition) is 1. The number of nitriles is 1. The minimum Gasteiger partial charge on any atom is -0.438 e. The Kier molecular flexibility index (Phi) is 6.97. The van der Waals surface area contributed by atoms with Crippen LogP contribution in [0, 0.1) is 16.7 Å². The van der Waals surface area contributed by atoms with Crippen LogP contribution in [0.4, 0.5) is 4.79 Å². The number of carbonyl (C=O) groups is 2. The van der Waals surface area contributed by atoms with Gasteiger partial charge >= 0.3 is 6.09 Å². The number of benzene rings is 2. The largest absolute Gasteiger partial charge is 0.438 e. The van der Waals surface area contributed by atoms with Crippen molar-refractivity contribution in [3.8, 4) is 16.6 Å². The average Bonchev–Trinajstić information content (AvgIpc) is 3.59. The van der Waals surface area contributed by atoms with Gasteiger partial charge in [0.1, 0.15) is 15.5 Å². The lowest BCUT2D eigenvalue weighted by Gasteiger charge is -2.45. The van der Waals surface area contributed by atoms with Gasteiger partial charge in [0.15, 0.2) is 0 Å². The number of nitrogens with one attached hydrogen (secondary N) is 1. The van der Waals surface area contributed by atoms with E-state index in [1.54, 1.807) is 11.1 Å². The van der Waals surface area contributed by atoms with Gasteiger partial charge in [-0.1, -0.05) is 54.6 Å². The lowest BCUT2D eigenvalue weighted by molar-refractivity contribution is -0.0770. The van der Waals surface area contributed by atoms with Crippen molar-refractivity contribution in [2.75, 3.05) is 6.54 Å². The number of amides is 2.